The molecule has 1 amide bonds. The summed E-state index contributed by atoms with van der Waals surface area (Å²) in [7, 11) is 0. The topological polar surface area (TPSA) is 54.0 Å². The molecule has 1 aromatic carbocycles. The summed E-state index contributed by atoms with van der Waals surface area (Å²) in [5.41, 5.74) is 2.53. The minimum absolute atomic E-state index is 0.0226. The van der Waals surface area contributed by atoms with Crippen molar-refractivity contribution in [3.8, 4) is 0 Å². The van der Waals surface area contributed by atoms with Gasteiger partial charge in [-0.05, 0) is 50.1 Å². The minimum Gasteiger partial charge on any atom is -0.323 e. The Morgan fingerprint density at radius 2 is 2.33 bits per heavy atom. The Hall–Kier alpha value is -1.65. The van der Waals surface area contributed by atoms with Gasteiger partial charge in [0.25, 0.3) is 0 Å². The normalized spacial score (nSPS) is 18.7. The number of aryl methyl sites for hydroxylation is 1. The van der Waals surface area contributed by atoms with Crippen LogP contribution in [0.3, 0.4) is 0 Å². The first-order chi connectivity index (χ1) is 10.2. The first kappa shape index (κ1) is 14.3. The fraction of sp³-hybridized carbons (Fsp3) is 0.375. The highest BCUT2D eigenvalue weighted by Gasteiger charge is 2.22. The van der Waals surface area contributed by atoms with Crippen LogP contribution in [0.1, 0.15) is 24.8 Å². The number of amides is 1. The number of carbonyl (C=O) groups is 1. The van der Waals surface area contributed by atoms with Gasteiger partial charge in [-0.3, -0.25) is 9.78 Å². The largest absolute Gasteiger partial charge is 0.323 e. The molecule has 1 atom stereocenters. The molecule has 21 heavy (non-hydrogen) atoms. The third-order valence-corrected chi connectivity index (χ3v) is 4.21. The van der Waals surface area contributed by atoms with Crippen LogP contribution in [0.2, 0.25) is 5.02 Å². The zero-order valence-electron chi connectivity index (χ0n) is 11.9. The maximum absolute atomic E-state index is 12.4. The van der Waals surface area contributed by atoms with Crippen molar-refractivity contribution >= 4 is 34.1 Å². The number of hydrogen-bond donors (Lipinski definition) is 2. The van der Waals surface area contributed by atoms with Crippen molar-refractivity contribution in [2.75, 3.05) is 11.9 Å². The predicted molar refractivity (Wildman–Crippen MR) is 85.8 cm³/mol. The minimum atomic E-state index is -0.136. The molecule has 1 aliphatic heterocycles. The molecular formula is C16H18ClN3O. The van der Waals surface area contributed by atoms with Crippen molar-refractivity contribution < 1.29 is 4.79 Å². The lowest BCUT2D eigenvalue weighted by atomic mass is 10.0. The fourth-order valence-electron chi connectivity index (χ4n) is 2.79. The highest BCUT2D eigenvalue weighted by molar-refractivity contribution is 6.35. The third kappa shape index (κ3) is 2.87. The molecule has 4 nitrogen and oxygen atoms in total. The SMILES string of the molecule is Cc1cc(Cl)c(NC(=O)C2CCCCN2)c2cccnc12. The number of rotatable bonds is 2. The molecule has 2 N–H and O–H groups in total. The van der Waals surface area contributed by atoms with E-state index in [1.807, 2.05) is 25.1 Å². The molecule has 3 rings (SSSR count). The average molecular weight is 304 g/mol. The van der Waals surface area contributed by atoms with E-state index in [0.29, 0.717) is 10.7 Å². The smallest absolute Gasteiger partial charge is 0.241 e. The number of pyridine rings is 1. The van der Waals surface area contributed by atoms with E-state index in [1.54, 1.807) is 6.20 Å². The van der Waals surface area contributed by atoms with Crippen LogP contribution in [-0.2, 0) is 4.79 Å². The summed E-state index contributed by atoms with van der Waals surface area (Å²) in [5.74, 6) is -0.0226. The van der Waals surface area contributed by atoms with E-state index in [-0.39, 0.29) is 11.9 Å². The molecule has 1 unspecified atom stereocenters. The zero-order chi connectivity index (χ0) is 14.8. The molecule has 1 saturated heterocycles. The van der Waals surface area contributed by atoms with Gasteiger partial charge in [-0.25, -0.2) is 0 Å². The molecule has 1 fully saturated rings. The molecule has 2 heterocycles. The fourth-order valence-corrected chi connectivity index (χ4v) is 3.11. The second-order valence-electron chi connectivity index (χ2n) is 5.44. The summed E-state index contributed by atoms with van der Waals surface area (Å²) >= 11 is 6.33. The number of benzene rings is 1. The maximum atomic E-state index is 12.4. The van der Waals surface area contributed by atoms with Gasteiger partial charge in [0, 0.05) is 11.6 Å². The number of anilines is 1. The van der Waals surface area contributed by atoms with Gasteiger partial charge in [-0.2, -0.15) is 0 Å². The first-order valence-electron chi connectivity index (χ1n) is 7.25. The molecule has 1 aliphatic rings. The van der Waals surface area contributed by atoms with Gasteiger partial charge < -0.3 is 10.6 Å². The van der Waals surface area contributed by atoms with Crippen LogP contribution in [0.4, 0.5) is 5.69 Å². The Morgan fingerprint density at radius 3 is 3.10 bits per heavy atom. The van der Waals surface area contributed by atoms with Gasteiger partial charge in [0.1, 0.15) is 0 Å². The van der Waals surface area contributed by atoms with Crippen LogP contribution >= 0.6 is 11.6 Å². The Labute approximate surface area is 128 Å². The third-order valence-electron chi connectivity index (χ3n) is 3.91. The number of nitrogens with one attached hydrogen (secondary N) is 2. The van der Waals surface area contributed by atoms with Gasteiger partial charge in [0.15, 0.2) is 0 Å². The lowest BCUT2D eigenvalue weighted by molar-refractivity contribution is -0.118. The lowest BCUT2D eigenvalue weighted by Gasteiger charge is -2.23. The lowest BCUT2D eigenvalue weighted by Crippen LogP contribution is -2.43. The van der Waals surface area contributed by atoms with E-state index in [2.05, 4.69) is 15.6 Å². The average Bonchev–Trinajstić information content (AvgIpc) is 2.52. The molecule has 5 heteroatoms. The van der Waals surface area contributed by atoms with Crippen molar-refractivity contribution in [3.05, 3.63) is 35.0 Å². The Kier molecular flexibility index (Phi) is 4.08. The highest BCUT2D eigenvalue weighted by atomic mass is 35.5. The monoisotopic (exact) mass is 303 g/mol. The second kappa shape index (κ2) is 6.00. The van der Waals surface area contributed by atoms with E-state index in [4.69, 9.17) is 11.6 Å². The number of hydrogen-bond acceptors (Lipinski definition) is 3. The molecule has 0 radical (unpaired) electrons. The Balaban J connectivity index is 1.94. The second-order valence-corrected chi connectivity index (χ2v) is 5.85. The van der Waals surface area contributed by atoms with Crippen LogP contribution in [0.5, 0.6) is 0 Å². The number of piperidine rings is 1. The van der Waals surface area contributed by atoms with E-state index >= 15 is 0 Å². The van der Waals surface area contributed by atoms with Crippen LogP contribution in [0.25, 0.3) is 10.9 Å². The maximum Gasteiger partial charge on any atom is 0.241 e. The van der Waals surface area contributed by atoms with Gasteiger partial charge >= 0.3 is 0 Å². The van der Waals surface area contributed by atoms with Crippen LogP contribution in [0, 0.1) is 6.92 Å². The molecule has 110 valence electrons. The van der Waals surface area contributed by atoms with E-state index in [1.165, 1.54) is 0 Å². The summed E-state index contributed by atoms with van der Waals surface area (Å²) in [6.07, 6.45) is 4.82. The number of aromatic nitrogens is 1. The molecule has 0 bridgehead atoms. The highest BCUT2D eigenvalue weighted by Crippen LogP contribution is 2.32. The first-order valence-corrected chi connectivity index (χ1v) is 7.62. The molecule has 2 aromatic rings. The molecule has 1 aromatic heterocycles. The number of carbonyl (C=O) groups excluding carboxylic acids is 1. The Morgan fingerprint density at radius 1 is 1.48 bits per heavy atom. The van der Waals surface area contributed by atoms with Gasteiger partial charge in [0.05, 0.1) is 22.3 Å². The summed E-state index contributed by atoms with van der Waals surface area (Å²) in [4.78, 5) is 16.8. The predicted octanol–water partition coefficient (Wildman–Crippen LogP) is 3.28. The molecular weight excluding hydrogens is 286 g/mol. The van der Waals surface area contributed by atoms with E-state index in [9.17, 15) is 4.79 Å². The summed E-state index contributed by atoms with van der Waals surface area (Å²) in [6.45, 7) is 2.86. The molecule has 0 saturated carbocycles. The number of fused-ring (bicyclic) bond motifs is 1. The standard InChI is InChI=1S/C16H18ClN3O/c1-10-9-12(17)15(11-5-4-8-19-14(10)11)20-16(21)13-6-2-3-7-18-13/h4-5,8-9,13,18H,2-3,6-7H2,1H3,(H,20,21). The van der Waals surface area contributed by atoms with Crippen LogP contribution in [-0.4, -0.2) is 23.5 Å². The number of halogens is 1. The Bertz CT molecular complexity index is 681. The van der Waals surface area contributed by atoms with Gasteiger partial charge in [-0.1, -0.05) is 18.0 Å². The van der Waals surface area contributed by atoms with E-state index in [0.717, 1.165) is 42.3 Å². The quantitative estimate of drug-likeness (QED) is 0.895. The van der Waals surface area contributed by atoms with Crippen LogP contribution in [0.15, 0.2) is 24.4 Å². The summed E-state index contributed by atoms with van der Waals surface area (Å²) in [5, 5.41) is 7.66. The van der Waals surface area contributed by atoms with Crippen molar-refractivity contribution in [1.29, 1.82) is 0 Å². The number of nitrogens with zero attached hydrogens (tertiary/aromatic N) is 1. The zero-order valence-corrected chi connectivity index (χ0v) is 12.7. The van der Waals surface area contributed by atoms with Crippen LogP contribution < -0.4 is 10.6 Å². The van der Waals surface area contributed by atoms with Gasteiger partial charge in [0.2, 0.25) is 5.91 Å². The molecule has 0 aliphatic carbocycles. The molecule has 0 spiro atoms. The van der Waals surface area contributed by atoms with Crippen molar-refractivity contribution in [1.82, 2.24) is 10.3 Å². The van der Waals surface area contributed by atoms with Crippen molar-refractivity contribution in [3.63, 3.8) is 0 Å². The van der Waals surface area contributed by atoms with Crippen molar-refractivity contribution in [2.45, 2.75) is 32.2 Å². The van der Waals surface area contributed by atoms with Crippen molar-refractivity contribution in [2.24, 2.45) is 0 Å². The summed E-state index contributed by atoms with van der Waals surface area (Å²) < 4.78 is 0. The summed E-state index contributed by atoms with van der Waals surface area (Å²) in [6, 6.07) is 5.50. The van der Waals surface area contributed by atoms with Gasteiger partial charge in [-0.15, -0.1) is 0 Å². The van der Waals surface area contributed by atoms with E-state index < -0.39 is 0 Å².